The van der Waals surface area contributed by atoms with Gasteiger partial charge in [0.1, 0.15) is 5.82 Å². The number of carbonyl (C=O) groups is 1. The van der Waals surface area contributed by atoms with E-state index in [1.807, 2.05) is 63.2 Å². The smallest absolute Gasteiger partial charge is 0.267 e. The van der Waals surface area contributed by atoms with Gasteiger partial charge in [-0.2, -0.15) is 0 Å². The van der Waals surface area contributed by atoms with E-state index in [9.17, 15) is 9.59 Å². The minimum absolute atomic E-state index is 0.00339. The molecule has 0 unspecified atom stereocenters. The molecule has 0 bridgehead atoms. The number of benzene rings is 2. The Labute approximate surface area is 178 Å². The highest BCUT2D eigenvalue weighted by molar-refractivity contribution is 7.99. The number of rotatable bonds is 5. The molecule has 0 N–H and O–H groups in total. The number of aromatic nitrogens is 3. The predicted molar refractivity (Wildman–Crippen MR) is 121 cm³/mol. The molecule has 0 radical (unpaired) electrons. The van der Waals surface area contributed by atoms with Crippen LogP contribution in [0.4, 0.5) is 0 Å². The molecule has 5 nitrogen and oxygen atoms in total. The number of hydrogen-bond acceptors (Lipinski definition) is 5. The highest BCUT2D eigenvalue weighted by atomic mass is 32.2. The second-order valence-corrected chi connectivity index (χ2v) is 8.22. The maximum Gasteiger partial charge on any atom is 0.267 e. The lowest BCUT2D eigenvalue weighted by atomic mass is 10.0. The number of aryl methyl sites for hydroxylation is 3. The third kappa shape index (κ3) is 3.91. The highest BCUT2D eigenvalue weighted by Crippen LogP contribution is 2.23. The summed E-state index contributed by atoms with van der Waals surface area (Å²) >= 11 is 1.25. The Morgan fingerprint density at radius 2 is 1.77 bits per heavy atom. The van der Waals surface area contributed by atoms with E-state index in [0.29, 0.717) is 27.4 Å². The Bertz CT molecular complexity index is 1330. The topological polar surface area (TPSA) is 64.8 Å². The summed E-state index contributed by atoms with van der Waals surface area (Å²) in [6, 6.07) is 16.7. The Morgan fingerprint density at radius 3 is 2.53 bits per heavy atom. The quantitative estimate of drug-likeness (QED) is 0.269. The van der Waals surface area contributed by atoms with Crippen molar-refractivity contribution < 1.29 is 4.79 Å². The van der Waals surface area contributed by atoms with Gasteiger partial charge in [0.2, 0.25) is 0 Å². The van der Waals surface area contributed by atoms with Gasteiger partial charge in [-0.15, -0.1) is 0 Å². The number of Topliss-reactive ketones (excluding diaryl/α,β-unsaturated/α-hetero) is 1. The summed E-state index contributed by atoms with van der Waals surface area (Å²) in [6.45, 7) is 5.88. The van der Waals surface area contributed by atoms with E-state index in [1.54, 1.807) is 18.3 Å². The summed E-state index contributed by atoms with van der Waals surface area (Å²) in [6.07, 6.45) is 1.67. The molecule has 0 aliphatic rings. The highest BCUT2D eigenvalue weighted by Gasteiger charge is 2.17. The standard InChI is InChI=1S/C24H21N3O2S/c1-15-8-9-18(17(3)12-15)21(28)14-30-24-26-20-7-5-4-6-19(20)23(29)27(24)22-13-16(2)10-11-25-22/h4-13H,14H2,1-3H3. The van der Waals surface area contributed by atoms with Crippen molar-refractivity contribution in [3.8, 4) is 5.82 Å². The van der Waals surface area contributed by atoms with Crippen LogP contribution in [0, 0.1) is 20.8 Å². The van der Waals surface area contributed by atoms with Crippen LogP contribution < -0.4 is 5.56 Å². The van der Waals surface area contributed by atoms with Gasteiger partial charge in [-0.3, -0.25) is 9.59 Å². The van der Waals surface area contributed by atoms with Crippen LogP contribution in [0.2, 0.25) is 0 Å². The van der Waals surface area contributed by atoms with Crippen LogP contribution in [0.25, 0.3) is 16.7 Å². The number of para-hydroxylation sites is 1. The molecule has 2 aromatic carbocycles. The van der Waals surface area contributed by atoms with Crippen LogP contribution in [-0.2, 0) is 0 Å². The van der Waals surface area contributed by atoms with E-state index >= 15 is 0 Å². The van der Waals surface area contributed by atoms with Gasteiger partial charge >= 0.3 is 0 Å². The second kappa shape index (κ2) is 8.24. The van der Waals surface area contributed by atoms with Crippen molar-refractivity contribution in [2.24, 2.45) is 0 Å². The van der Waals surface area contributed by atoms with E-state index in [-0.39, 0.29) is 17.1 Å². The van der Waals surface area contributed by atoms with Crippen molar-refractivity contribution in [1.29, 1.82) is 0 Å². The van der Waals surface area contributed by atoms with E-state index in [4.69, 9.17) is 0 Å². The third-order valence-electron chi connectivity index (χ3n) is 4.89. The molecule has 0 aliphatic carbocycles. The van der Waals surface area contributed by atoms with Gasteiger partial charge in [-0.25, -0.2) is 14.5 Å². The fraction of sp³-hybridized carbons (Fsp3) is 0.167. The first-order valence-corrected chi connectivity index (χ1v) is 10.6. The zero-order valence-electron chi connectivity index (χ0n) is 17.0. The molecule has 30 heavy (non-hydrogen) atoms. The maximum atomic E-state index is 13.3. The van der Waals surface area contributed by atoms with Crippen LogP contribution in [0.15, 0.2) is 70.7 Å². The largest absolute Gasteiger partial charge is 0.293 e. The number of fused-ring (bicyclic) bond motifs is 1. The van der Waals surface area contributed by atoms with E-state index in [2.05, 4.69) is 9.97 Å². The lowest BCUT2D eigenvalue weighted by Crippen LogP contribution is -2.23. The van der Waals surface area contributed by atoms with Crippen LogP contribution in [0.3, 0.4) is 0 Å². The van der Waals surface area contributed by atoms with Gasteiger partial charge in [-0.05, 0) is 56.2 Å². The van der Waals surface area contributed by atoms with Crippen molar-refractivity contribution in [3.63, 3.8) is 0 Å². The van der Waals surface area contributed by atoms with Gasteiger partial charge in [-0.1, -0.05) is 47.7 Å². The van der Waals surface area contributed by atoms with E-state index < -0.39 is 0 Å². The molecule has 0 spiro atoms. The number of hydrogen-bond donors (Lipinski definition) is 0. The molecule has 0 saturated heterocycles. The lowest BCUT2D eigenvalue weighted by molar-refractivity contribution is 0.102. The minimum atomic E-state index is -0.194. The first-order valence-electron chi connectivity index (χ1n) is 9.62. The number of nitrogens with zero attached hydrogens (tertiary/aromatic N) is 3. The van der Waals surface area contributed by atoms with Crippen molar-refractivity contribution >= 4 is 28.4 Å². The number of thioether (sulfide) groups is 1. The van der Waals surface area contributed by atoms with Crippen LogP contribution in [0.1, 0.15) is 27.0 Å². The van der Waals surface area contributed by atoms with Gasteiger partial charge in [0.25, 0.3) is 5.56 Å². The zero-order chi connectivity index (χ0) is 21.3. The summed E-state index contributed by atoms with van der Waals surface area (Å²) in [7, 11) is 0. The maximum absolute atomic E-state index is 13.3. The van der Waals surface area contributed by atoms with Gasteiger partial charge in [0.05, 0.1) is 16.7 Å². The fourth-order valence-electron chi connectivity index (χ4n) is 3.39. The van der Waals surface area contributed by atoms with Gasteiger partial charge in [0, 0.05) is 11.8 Å². The normalized spacial score (nSPS) is 11.0. The molecule has 4 rings (SSSR count). The Balaban J connectivity index is 1.77. The average molecular weight is 416 g/mol. The summed E-state index contributed by atoms with van der Waals surface area (Å²) in [5.74, 6) is 0.684. The molecule has 6 heteroatoms. The molecule has 2 aromatic heterocycles. The molecule has 4 aromatic rings. The Kier molecular flexibility index (Phi) is 5.50. The van der Waals surface area contributed by atoms with Crippen molar-refractivity contribution in [2.75, 3.05) is 5.75 Å². The summed E-state index contributed by atoms with van der Waals surface area (Å²) in [5.41, 5.74) is 4.16. The van der Waals surface area contributed by atoms with E-state index in [0.717, 1.165) is 16.7 Å². The predicted octanol–water partition coefficient (Wildman–Crippen LogP) is 4.68. The molecule has 2 heterocycles. The molecule has 0 saturated carbocycles. The first kappa shape index (κ1) is 20.0. The van der Waals surface area contributed by atoms with Crippen molar-refractivity contribution in [3.05, 3.63) is 93.4 Å². The van der Waals surface area contributed by atoms with Gasteiger partial charge < -0.3 is 0 Å². The van der Waals surface area contributed by atoms with Gasteiger partial charge in [0.15, 0.2) is 10.9 Å². The summed E-state index contributed by atoms with van der Waals surface area (Å²) in [4.78, 5) is 35.2. The first-order chi connectivity index (χ1) is 14.4. The van der Waals surface area contributed by atoms with Crippen molar-refractivity contribution in [2.45, 2.75) is 25.9 Å². The SMILES string of the molecule is Cc1ccnc(-n2c(SCC(=O)c3ccc(C)cc3C)nc3ccccc3c2=O)c1. The molecule has 0 aliphatic heterocycles. The molecule has 0 atom stereocenters. The molecule has 0 fully saturated rings. The average Bonchev–Trinajstić information content (AvgIpc) is 2.72. The Hall–Kier alpha value is -3.25. The molecule has 0 amide bonds. The van der Waals surface area contributed by atoms with Crippen LogP contribution in [-0.4, -0.2) is 26.1 Å². The lowest BCUT2D eigenvalue weighted by Gasteiger charge is -2.13. The molecular formula is C24H21N3O2S. The summed E-state index contributed by atoms with van der Waals surface area (Å²) < 4.78 is 1.50. The van der Waals surface area contributed by atoms with Crippen molar-refractivity contribution in [1.82, 2.24) is 14.5 Å². The zero-order valence-corrected chi connectivity index (χ0v) is 17.9. The Morgan fingerprint density at radius 1 is 1.00 bits per heavy atom. The van der Waals surface area contributed by atoms with E-state index in [1.165, 1.54) is 16.3 Å². The minimum Gasteiger partial charge on any atom is -0.293 e. The monoisotopic (exact) mass is 415 g/mol. The number of ketones is 1. The number of pyridine rings is 1. The summed E-state index contributed by atoms with van der Waals surface area (Å²) in [5, 5.41) is 0.973. The molecular weight excluding hydrogens is 394 g/mol. The molecule has 150 valence electrons. The van der Waals surface area contributed by atoms with Crippen LogP contribution in [0.5, 0.6) is 0 Å². The number of carbonyl (C=O) groups excluding carboxylic acids is 1. The third-order valence-corrected chi connectivity index (χ3v) is 5.83. The fourth-order valence-corrected chi connectivity index (χ4v) is 4.27. The second-order valence-electron chi connectivity index (χ2n) is 7.27. The van der Waals surface area contributed by atoms with Crippen LogP contribution >= 0.6 is 11.8 Å².